The standard InChI is InChI=1S/C14H16N4O/c1-8-5-9(2)17-14(12(8)6-15)16-7-13-10(3)18-19-11(13)4/h5H,7H2,1-4H3,(H,16,17). The Morgan fingerprint density at radius 3 is 2.63 bits per heavy atom. The van der Waals surface area contributed by atoms with Crippen molar-refractivity contribution in [2.45, 2.75) is 34.2 Å². The number of nitrogens with one attached hydrogen (secondary N) is 1. The van der Waals surface area contributed by atoms with Crippen molar-refractivity contribution in [2.75, 3.05) is 5.32 Å². The van der Waals surface area contributed by atoms with Crippen LogP contribution >= 0.6 is 0 Å². The van der Waals surface area contributed by atoms with Crippen molar-refractivity contribution >= 4 is 5.82 Å². The first-order valence-corrected chi connectivity index (χ1v) is 6.07. The molecule has 19 heavy (non-hydrogen) atoms. The van der Waals surface area contributed by atoms with Gasteiger partial charge < -0.3 is 9.84 Å². The van der Waals surface area contributed by atoms with Crippen molar-refractivity contribution < 1.29 is 4.52 Å². The number of nitriles is 1. The highest BCUT2D eigenvalue weighted by atomic mass is 16.5. The van der Waals surface area contributed by atoms with Gasteiger partial charge in [-0.2, -0.15) is 5.26 Å². The Hall–Kier alpha value is -2.35. The second-order valence-electron chi connectivity index (χ2n) is 4.57. The highest BCUT2D eigenvalue weighted by Crippen LogP contribution is 2.20. The predicted octanol–water partition coefficient (Wildman–Crippen LogP) is 2.79. The third-order valence-corrected chi connectivity index (χ3v) is 3.07. The van der Waals surface area contributed by atoms with Crippen LogP contribution in [-0.2, 0) is 6.54 Å². The number of rotatable bonds is 3. The van der Waals surface area contributed by atoms with E-state index < -0.39 is 0 Å². The van der Waals surface area contributed by atoms with E-state index in [2.05, 4.69) is 21.5 Å². The van der Waals surface area contributed by atoms with Gasteiger partial charge in [-0.15, -0.1) is 0 Å². The van der Waals surface area contributed by atoms with E-state index in [1.807, 2.05) is 33.8 Å². The summed E-state index contributed by atoms with van der Waals surface area (Å²) in [5.74, 6) is 1.40. The first-order chi connectivity index (χ1) is 9.02. The molecule has 0 fully saturated rings. The maximum absolute atomic E-state index is 9.20. The summed E-state index contributed by atoms with van der Waals surface area (Å²) in [6.45, 7) is 8.14. The second-order valence-corrected chi connectivity index (χ2v) is 4.57. The van der Waals surface area contributed by atoms with Crippen LogP contribution in [0.3, 0.4) is 0 Å². The molecule has 0 aromatic carbocycles. The highest BCUT2D eigenvalue weighted by Gasteiger charge is 2.12. The van der Waals surface area contributed by atoms with Crippen molar-refractivity contribution in [1.82, 2.24) is 10.1 Å². The largest absolute Gasteiger partial charge is 0.365 e. The fourth-order valence-corrected chi connectivity index (χ4v) is 2.03. The molecule has 0 unspecified atom stereocenters. The van der Waals surface area contributed by atoms with Gasteiger partial charge in [-0.25, -0.2) is 4.98 Å². The molecule has 0 saturated heterocycles. The van der Waals surface area contributed by atoms with E-state index in [0.717, 1.165) is 28.3 Å². The van der Waals surface area contributed by atoms with E-state index in [1.54, 1.807) is 0 Å². The molecule has 5 heteroatoms. The summed E-state index contributed by atoms with van der Waals surface area (Å²) in [4.78, 5) is 4.38. The molecule has 0 amide bonds. The van der Waals surface area contributed by atoms with Crippen LogP contribution in [0, 0.1) is 39.0 Å². The molecule has 0 atom stereocenters. The molecule has 2 aromatic heterocycles. The smallest absolute Gasteiger partial charge is 0.144 e. The molecule has 5 nitrogen and oxygen atoms in total. The maximum Gasteiger partial charge on any atom is 0.144 e. The summed E-state index contributed by atoms with van der Waals surface area (Å²) in [6, 6.07) is 4.09. The Morgan fingerprint density at radius 1 is 1.32 bits per heavy atom. The second kappa shape index (κ2) is 5.11. The molecule has 2 aromatic rings. The SMILES string of the molecule is Cc1cc(C)c(C#N)c(NCc2c(C)noc2C)n1. The lowest BCUT2D eigenvalue weighted by Gasteiger charge is -2.10. The zero-order valence-electron chi connectivity index (χ0n) is 11.5. The van der Waals surface area contributed by atoms with Crippen molar-refractivity contribution in [3.05, 3.63) is 39.9 Å². The van der Waals surface area contributed by atoms with Gasteiger partial charge in [0.1, 0.15) is 17.6 Å². The normalized spacial score (nSPS) is 10.3. The van der Waals surface area contributed by atoms with E-state index in [1.165, 1.54) is 0 Å². The van der Waals surface area contributed by atoms with Crippen LogP contribution in [0.25, 0.3) is 0 Å². The molecule has 0 aliphatic heterocycles. The third-order valence-electron chi connectivity index (χ3n) is 3.07. The molecule has 0 aliphatic rings. The molecule has 98 valence electrons. The third kappa shape index (κ3) is 2.58. The Bertz CT molecular complexity index is 633. The number of hydrogen-bond acceptors (Lipinski definition) is 5. The van der Waals surface area contributed by atoms with Gasteiger partial charge in [0.15, 0.2) is 0 Å². The van der Waals surface area contributed by atoms with Crippen LogP contribution in [0.5, 0.6) is 0 Å². The average Bonchev–Trinajstić information content (AvgIpc) is 2.66. The van der Waals surface area contributed by atoms with Crippen molar-refractivity contribution in [3.63, 3.8) is 0 Å². The van der Waals surface area contributed by atoms with Gasteiger partial charge in [-0.3, -0.25) is 0 Å². The van der Waals surface area contributed by atoms with Gasteiger partial charge in [0.2, 0.25) is 0 Å². The zero-order chi connectivity index (χ0) is 14.0. The van der Waals surface area contributed by atoms with E-state index in [0.29, 0.717) is 17.9 Å². The lowest BCUT2D eigenvalue weighted by atomic mass is 10.1. The van der Waals surface area contributed by atoms with Crippen LogP contribution in [0.1, 0.15) is 33.8 Å². The number of hydrogen-bond donors (Lipinski definition) is 1. The minimum absolute atomic E-state index is 0.547. The van der Waals surface area contributed by atoms with E-state index in [4.69, 9.17) is 4.52 Å². The number of pyridine rings is 1. The van der Waals surface area contributed by atoms with Crippen LogP contribution in [0.15, 0.2) is 10.6 Å². The summed E-state index contributed by atoms with van der Waals surface area (Å²) >= 11 is 0. The van der Waals surface area contributed by atoms with Crippen molar-refractivity contribution in [1.29, 1.82) is 5.26 Å². The molecule has 0 aliphatic carbocycles. The van der Waals surface area contributed by atoms with Crippen molar-refractivity contribution in [2.24, 2.45) is 0 Å². The van der Waals surface area contributed by atoms with E-state index >= 15 is 0 Å². The molecule has 0 saturated carbocycles. The fourth-order valence-electron chi connectivity index (χ4n) is 2.03. The molecule has 0 spiro atoms. The first kappa shape index (κ1) is 13.1. The monoisotopic (exact) mass is 256 g/mol. The molecule has 0 radical (unpaired) electrons. The number of aromatic nitrogens is 2. The van der Waals surface area contributed by atoms with Crippen molar-refractivity contribution in [3.8, 4) is 6.07 Å². The Kier molecular flexibility index (Phi) is 3.52. The molecule has 2 heterocycles. The van der Waals surface area contributed by atoms with E-state index in [-0.39, 0.29) is 0 Å². The van der Waals surface area contributed by atoms with Gasteiger partial charge in [0.05, 0.1) is 11.3 Å². The van der Waals surface area contributed by atoms with Gasteiger partial charge in [0.25, 0.3) is 0 Å². The van der Waals surface area contributed by atoms with Gasteiger partial charge in [-0.05, 0) is 39.3 Å². The Labute approximate surface area is 112 Å². The van der Waals surface area contributed by atoms with Crippen LogP contribution in [0.2, 0.25) is 0 Å². The van der Waals surface area contributed by atoms with E-state index in [9.17, 15) is 5.26 Å². The Morgan fingerprint density at radius 2 is 2.05 bits per heavy atom. The lowest BCUT2D eigenvalue weighted by Crippen LogP contribution is -2.06. The predicted molar refractivity (Wildman–Crippen MR) is 71.7 cm³/mol. The van der Waals surface area contributed by atoms with Gasteiger partial charge in [0, 0.05) is 17.8 Å². The molecule has 2 rings (SSSR count). The minimum Gasteiger partial charge on any atom is -0.365 e. The minimum atomic E-state index is 0.547. The summed E-state index contributed by atoms with van der Waals surface area (Å²) in [5, 5.41) is 16.3. The van der Waals surface area contributed by atoms with Crippen LogP contribution in [-0.4, -0.2) is 10.1 Å². The fraction of sp³-hybridized carbons (Fsp3) is 0.357. The first-order valence-electron chi connectivity index (χ1n) is 6.07. The maximum atomic E-state index is 9.20. The summed E-state index contributed by atoms with van der Waals surface area (Å²) < 4.78 is 5.11. The molecule has 1 N–H and O–H groups in total. The number of aryl methyl sites for hydroxylation is 4. The summed E-state index contributed by atoms with van der Waals surface area (Å²) in [7, 11) is 0. The quantitative estimate of drug-likeness (QED) is 0.913. The highest BCUT2D eigenvalue weighted by molar-refractivity contribution is 5.56. The summed E-state index contributed by atoms with van der Waals surface area (Å²) in [6.07, 6.45) is 0. The molecular formula is C14H16N4O. The van der Waals surface area contributed by atoms with Crippen LogP contribution in [0.4, 0.5) is 5.82 Å². The lowest BCUT2D eigenvalue weighted by molar-refractivity contribution is 0.392. The Balaban J connectivity index is 2.28. The number of anilines is 1. The average molecular weight is 256 g/mol. The topological polar surface area (TPSA) is 74.7 Å². The van der Waals surface area contributed by atoms with Crippen LogP contribution < -0.4 is 5.32 Å². The van der Waals surface area contributed by atoms with Gasteiger partial charge >= 0.3 is 0 Å². The van der Waals surface area contributed by atoms with Gasteiger partial charge in [-0.1, -0.05) is 5.16 Å². The summed E-state index contributed by atoms with van der Waals surface area (Å²) in [5.41, 5.74) is 4.25. The molecule has 0 bridgehead atoms. The number of nitrogens with zero attached hydrogens (tertiary/aromatic N) is 3. The zero-order valence-corrected chi connectivity index (χ0v) is 11.5. The molecular weight excluding hydrogens is 240 g/mol.